The molecule has 0 aliphatic heterocycles. The summed E-state index contributed by atoms with van der Waals surface area (Å²) in [7, 11) is -3.99. The molecular weight excluding hydrogens is 314 g/mol. The van der Waals surface area contributed by atoms with Gasteiger partial charge in [-0.25, -0.2) is 0 Å². The number of allylic oxidation sites excluding steroid dienone is 4. The van der Waals surface area contributed by atoms with E-state index in [1.165, 1.54) is 18.2 Å². The van der Waals surface area contributed by atoms with E-state index in [1.54, 1.807) is 25.1 Å². The molecule has 1 aromatic carbocycles. The van der Waals surface area contributed by atoms with Gasteiger partial charge in [0, 0.05) is 0 Å². The van der Waals surface area contributed by atoms with Crippen LogP contribution in [-0.2, 0) is 19.2 Å². The summed E-state index contributed by atoms with van der Waals surface area (Å²) in [5.41, 5.74) is 2.45. The largest absolute Gasteiger partial charge is 0.358 e. The molecule has 0 amide bonds. The van der Waals surface area contributed by atoms with Crippen LogP contribution >= 0.6 is 0 Å². The molecule has 5 nitrogen and oxygen atoms in total. The van der Waals surface area contributed by atoms with Gasteiger partial charge in [-0.3, -0.25) is 9.08 Å². The average molecular weight is 333 g/mol. The number of benzene rings is 1. The third-order valence-corrected chi connectivity index (χ3v) is 4.61. The lowest BCUT2D eigenvalue weighted by Crippen LogP contribution is -2.17. The summed E-state index contributed by atoms with van der Waals surface area (Å²) in [6, 6.07) is 6.31. The van der Waals surface area contributed by atoms with Crippen LogP contribution in [0.25, 0.3) is 0 Å². The van der Waals surface area contributed by atoms with Crippen LogP contribution in [0.3, 0.4) is 0 Å². The van der Waals surface area contributed by atoms with Gasteiger partial charge in [0.05, 0.1) is 0 Å². The minimum Gasteiger partial charge on any atom is -0.290 e. The molecule has 0 unspecified atom stereocenters. The highest BCUT2D eigenvalue weighted by Crippen LogP contribution is 2.21. The number of rotatable bonds is 4. The third-order valence-electron chi connectivity index (χ3n) is 3.49. The summed E-state index contributed by atoms with van der Waals surface area (Å²) in [5.74, 6) is -0.0817. The van der Waals surface area contributed by atoms with Gasteiger partial charge in [0.1, 0.15) is 10.6 Å². The third kappa shape index (κ3) is 3.96. The summed E-state index contributed by atoms with van der Waals surface area (Å²) in [4.78, 5) is 11.8. The molecule has 1 aliphatic rings. The van der Waals surface area contributed by atoms with Crippen LogP contribution in [0.5, 0.6) is 0 Å². The maximum atomic E-state index is 12.2. The molecule has 0 saturated carbocycles. The molecule has 2 rings (SSSR count). The Bertz CT molecular complexity index is 813. The SMILES string of the molecule is CC1=CC(=NOS(=O)(=O)c2ccc(C)cc2)C(C(C)C)=CC1=O. The molecule has 0 fully saturated rings. The summed E-state index contributed by atoms with van der Waals surface area (Å²) in [5, 5.41) is 3.77. The van der Waals surface area contributed by atoms with Crippen molar-refractivity contribution >= 4 is 21.6 Å². The van der Waals surface area contributed by atoms with Gasteiger partial charge in [-0.1, -0.05) is 36.7 Å². The van der Waals surface area contributed by atoms with Gasteiger partial charge in [0.25, 0.3) is 0 Å². The first-order valence-electron chi connectivity index (χ1n) is 7.23. The molecule has 0 atom stereocenters. The number of carbonyl (C=O) groups is 1. The zero-order valence-electron chi connectivity index (χ0n) is 13.5. The van der Waals surface area contributed by atoms with E-state index in [4.69, 9.17) is 4.28 Å². The number of carbonyl (C=O) groups excluding carboxylic acids is 1. The van der Waals surface area contributed by atoms with Gasteiger partial charge in [-0.2, -0.15) is 8.42 Å². The maximum absolute atomic E-state index is 12.2. The van der Waals surface area contributed by atoms with Gasteiger partial charge >= 0.3 is 10.1 Å². The molecule has 1 aliphatic carbocycles. The van der Waals surface area contributed by atoms with Gasteiger partial charge in [0.2, 0.25) is 0 Å². The molecule has 0 saturated heterocycles. The first-order chi connectivity index (χ1) is 10.7. The Kier molecular flexibility index (Phi) is 4.85. The highest BCUT2D eigenvalue weighted by molar-refractivity contribution is 7.86. The lowest BCUT2D eigenvalue weighted by atomic mass is 9.90. The van der Waals surface area contributed by atoms with Crippen molar-refractivity contribution in [1.29, 1.82) is 0 Å². The predicted octanol–water partition coefficient (Wildman–Crippen LogP) is 3.17. The van der Waals surface area contributed by atoms with Crippen LogP contribution in [0.1, 0.15) is 26.3 Å². The monoisotopic (exact) mass is 333 g/mol. The van der Waals surface area contributed by atoms with E-state index in [-0.39, 0.29) is 16.6 Å². The molecule has 23 heavy (non-hydrogen) atoms. The van der Waals surface area contributed by atoms with Crippen molar-refractivity contribution in [3.8, 4) is 0 Å². The van der Waals surface area contributed by atoms with Crippen molar-refractivity contribution in [2.75, 3.05) is 0 Å². The molecule has 122 valence electrons. The number of oxime groups is 1. The number of hydrogen-bond acceptors (Lipinski definition) is 5. The summed E-state index contributed by atoms with van der Waals surface area (Å²) < 4.78 is 29.2. The summed E-state index contributed by atoms with van der Waals surface area (Å²) in [6.07, 6.45) is 3.02. The standard InChI is InChI=1S/C17H19NO4S/c1-11(2)15-10-17(19)13(4)9-16(15)18-22-23(20,21)14-7-5-12(3)6-8-14/h5-11H,1-4H3. The van der Waals surface area contributed by atoms with E-state index in [0.717, 1.165) is 5.56 Å². The van der Waals surface area contributed by atoms with Gasteiger partial charge < -0.3 is 0 Å². The molecule has 0 aromatic heterocycles. The second-order valence-electron chi connectivity index (χ2n) is 5.76. The summed E-state index contributed by atoms with van der Waals surface area (Å²) >= 11 is 0. The second-order valence-corrected chi connectivity index (χ2v) is 7.29. The van der Waals surface area contributed by atoms with Crippen LogP contribution < -0.4 is 0 Å². The number of hydrogen-bond donors (Lipinski definition) is 0. The molecule has 6 heteroatoms. The maximum Gasteiger partial charge on any atom is 0.358 e. The quantitative estimate of drug-likeness (QED) is 0.627. The Balaban J connectivity index is 2.32. The zero-order chi connectivity index (χ0) is 17.2. The number of ketones is 1. The normalized spacial score (nSPS) is 17.3. The fourth-order valence-electron chi connectivity index (χ4n) is 2.07. The lowest BCUT2D eigenvalue weighted by Gasteiger charge is -2.15. The van der Waals surface area contributed by atoms with Crippen LogP contribution in [0.4, 0.5) is 0 Å². The molecule has 0 spiro atoms. The summed E-state index contributed by atoms with van der Waals surface area (Å²) in [6.45, 7) is 7.32. The zero-order valence-corrected chi connectivity index (χ0v) is 14.3. The van der Waals surface area contributed by atoms with Gasteiger partial charge in [0.15, 0.2) is 5.78 Å². The topological polar surface area (TPSA) is 72.8 Å². The lowest BCUT2D eigenvalue weighted by molar-refractivity contribution is -0.111. The van der Waals surface area contributed by atoms with E-state index in [2.05, 4.69) is 5.16 Å². The van der Waals surface area contributed by atoms with Crippen LogP contribution in [0.15, 0.2) is 57.6 Å². The first kappa shape index (κ1) is 17.1. The Hall–Kier alpha value is -2.21. The first-order valence-corrected chi connectivity index (χ1v) is 8.64. The van der Waals surface area contributed by atoms with Gasteiger partial charge in [-0.05, 0) is 55.2 Å². The highest BCUT2D eigenvalue weighted by Gasteiger charge is 2.21. The fourth-order valence-corrected chi connectivity index (χ4v) is 2.80. The van der Waals surface area contributed by atoms with Crippen LogP contribution in [-0.4, -0.2) is 19.9 Å². The van der Waals surface area contributed by atoms with E-state index in [0.29, 0.717) is 16.9 Å². The van der Waals surface area contributed by atoms with Crippen LogP contribution in [0.2, 0.25) is 0 Å². The smallest absolute Gasteiger partial charge is 0.290 e. The average Bonchev–Trinajstić information content (AvgIpc) is 2.48. The van der Waals surface area contributed by atoms with E-state index < -0.39 is 10.1 Å². The van der Waals surface area contributed by atoms with Crippen molar-refractivity contribution in [2.45, 2.75) is 32.6 Å². The minimum absolute atomic E-state index is 0.0210. The fraction of sp³-hybridized carbons (Fsp3) is 0.294. The molecule has 0 heterocycles. The Morgan fingerprint density at radius 1 is 1.04 bits per heavy atom. The van der Waals surface area contributed by atoms with Crippen molar-refractivity contribution in [3.63, 3.8) is 0 Å². The molecule has 1 aromatic rings. The molecule has 0 bridgehead atoms. The van der Waals surface area contributed by atoms with Crippen molar-refractivity contribution < 1.29 is 17.5 Å². The molecule has 0 radical (unpaired) electrons. The van der Waals surface area contributed by atoms with E-state index in [1.807, 2.05) is 20.8 Å². The van der Waals surface area contributed by atoms with Crippen molar-refractivity contribution in [1.82, 2.24) is 0 Å². The van der Waals surface area contributed by atoms with Crippen molar-refractivity contribution in [2.24, 2.45) is 11.1 Å². The van der Waals surface area contributed by atoms with Crippen molar-refractivity contribution in [3.05, 3.63) is 53.1 Å². The van der Waals surface area contributed by atoms with E-state index in [9.17, 15) is 13.2 Å². The van der Waals surface area contributed by atoms with Crippen LogP contribution in [0, 0.1) is 12.8 Å². The second kappa shape index (κ2) is 6.50. The minimum atomic E-state index is -3.99. The molecular formula is C17H19NO4S. The Morgan fingerprint density at radius 2 is 1.65 bits per heavy atom. The predicted molar refractivity (Wildman–Crippen MR) is 88.6 cm³/mol. The number of aryl methyl sites for hydroxylation is 1. The van der Waals surface area contributed by atoms with E-state index >= 15 is 0 Å². The number of nitrogens with zero attached hydrogens (tertiary/aromatic N) is 1. The highest BCUT2D eigenvalue weighted by atomic mass is 32.2. The Labute approximate surface area is 136 Å². The van der Waals surface area contributed by atoms with Gasteiger partial charge in [-0.15, -0.1) is 0 Å². The Morgan fingerprint density at radius 3 is 2.22 bits per heavy atom. The molecule has 0 N–H and O–H groups in total.